The average Bonchev–Trinajstić information content (AvgIpc) is 2.75. The molecule has 0 atom stereocenters. The lowest BCUT2D eigenvalue weighted by Gasteiger charge is -2.33. The molecule has 6 nitrogen and oxygen atoms in total. The van der Waals surface area contributed by atoms with Gasteiger partial charge in [0, 0.05) is 37.3 Å². The van der Waals surface area contributed by atoms with E-state index in [0.717, 1.165) is 0 Å². The maximum absolute atomic E-state index is 12.7. The molecule has 0 unspecified atom stereocenters. The number of nitrogens with two attached hydrogens (primary N) is 1. The molecular formula is C22H28N3O3+. The highest BCUT2D eigenvalue weighted by Gasteiger charge is 2.26. The van der Waals surface area contributed by atoms with Crippen molar-refractivity contribution in [2.24, 2.45) is 0 Å². The van der Waals surface area contributed by atoms with Gasteiger partial charge in [0.2, 0.25) is 0 Å². The van der Waals surface area contributed by atoms with E-state index in [0.29, 0.717) is 39.3 Å². The third-order valence-corrected chi connectivity index (χ3v) is 5.00. The summed E-state index contributed by atoms with van der Waals surface area (Å²) in [6.45, 7) is 4.67. The van der Waals surface area contributed by atoms with Crippen LogP contribution < -0.4 is 5.32 Å². The summed E-state index contributed by atoms with van der Waals surface area (Å²) in [5, 5.41) is 2.09. The van der Waals surface area contributed by atoms with Crippen molar-refractivity contribution in [1.82, 2.24) is 9.80 Å². The Balaban J connectivity index is 1.58. The first kappa shape index (κ1) is 19.9. The van der Waals surface area contributed by atoms with E-state index in [2.05, 4.69) is 29.6 Å². The van der Waals surface area contributed by atoms with Crippen LogP contribution in [-0.2, 0) is 9.53 Å². The monoisotopic (exact) mass is 382 g/mol. The first-order valence-corrected chi connectivity index (χ1v) is 9.81. The number of amides is 2. The number of piperazine rings is 1. The molecule has 0 aromatic heterocycles. The maximum atomic E-state index is 12.7. The summed E-state index contributed by atoms with van der Waals surface area (Å²) in [6.07, 6.45) is -0.297. The van der Waals surface area contributed by atoms with Gasteiger partial charge in [-0.3, -0.25) is 4.79 Å². The number of rotatable bonds is 6. The largest absolute Gasteiger partial charge is 0.450 e. The van der Waals surface area contributed by atoms with E-state index in [-0.39, 0.29) is 18.0 Å². The Morgan fingerprint density at radius 1 is 0.893 bits per heavy atom. The molecule has 0 radical (unpaired) electrons. The molecule has 2 aromatic carbocycles. The molecule has 148 valence electrons. The van der Waals surface area contributed by atoms with Crippen molar-refractivity contribution in [3.05, 3.63) is 71.8 Å². The van der Waals surface area contributed by atoms with Crippen LogP contribution >= 0.6 is 0 Å². The predicted molar refractivity (Wildman–Crippen MR) is 107 cm³/mol. The molecule has 0 spiro atoms. The van der Waals surface area contributed by atoms with Gasteiger partial charge in [0.15, 0.2) is 6.54 Å². The van der Waals surface area contributed by atoms with Gasteiger partial charge in [-0.25, -0.2) is 4.79 Å². The van der Waals surface area contributed by atoms with E-state index in [9.17, 15) is 9.59 Å². The van der Waals surface area contributed by atoms with Crippen LogP contribution in [0.3, 0.4) is 0 Å². The zero-order chi connectivity index (χ0) is 19.8. The first-order valence-electron chi connectivity index (χ1n) is 9.81. The quantitative estimate of drug-likeness (QED) is 0.826. The van der Waals surface area contributed by atoms with Gasteiger partial charge in [-0.15, -0.1) is 0 Å². The zero-order valence-corrected chi connectivity index (χ0v) is 16.3. The molecule has 1 saturated heterocycles. The van der Waals surface area contributed by atoms with Crippen LogP contribution in [0.15, 0.2) is 60.7 Å². The van der Waals surface area contributed by atoms with Crippen LogP contribution in [0.5, 0.6) is 0 Å². The number of benzene rings is 2. The maximum Gasteiger partial charge on any atom is 0.409 e. The lowest BCUT2D eigenvalue weighted by Crippen LogP contribution is -2.88. The number of quaternary nitrogens is 1. The first-order chi connectivity index (χ1) is 13.7. The summed E-state index contributed by atoms with van der Waals surface area (Å²) in [4.78, 5) is 28.0. The van der Waals surface area contributed by atoms with Crippen molar-refractivity contribution in [2.75, 3.05) is 39.3 Å². The van der Waals surface area contributed by atoms with Crippen molar-refractivity contribution in [2.45, 2.75) is 13.0 Å². The van der Waals surface area contributed by atoms with Gasteiger partial charge in [0.05, 0.1) is 6.61 Å². The molecule has 2 N–H and O–H groups in total. The summed E-state index contributed by atoms with van der Waals surface area (Å²) in [5.74, 6) is 0.0976. The van der Waals surface area contributed by atoms with Crippen LogP contribution in [0.25, 0.3) is 0 Å². The lowest BCUT2D eigenvalue weighted by molar-refractivity contribution is -0.677. The minimum absolute atomic E-state index is 0.0761. The highest BCUT2D eigenvalue weighted by Crippen LogP contribution is 2.17. The average molecular weight is 382 g/mol. The second-order valence-electron chi connectivity index (χ2n) is 6.81. The highest BCUT2D eigenvalue weighted by atomic mass is 16.6. The van der Waals surface area contributed by atoms with Gasteiger partial charge in [-0.1, -0.05) is 60.7 Å². The molecule has 0 saturated carbocycles. The molecule has 2 amide bonds. The summed E-state index contributed by atoms with van der Waals surface area (Å²) >= 11 is 0. The molecule has 1 heterocycles. The number of hydrogen-bond donors (Lipinski definition) is 1. The van der Waals surface area contributed by atoms with Gasteiger partial charge in [-0.05, 0) is 6.92 Å². The van der Waals surface area contributed by atoms with Crippen LogP contribution in [0.4, 0.5) is 4.79 Å². The van der Waals surface area contributed by atoms with Crippen LogP contribution in [0.2, 0.25) is 0 Å². The van der Waals surface area contributed by atoms with Gasteiger partial charge < -0.3 is 19.9 Å². The minimum Gasteiger partial charge on any atom is -0.450 e. The number of hydrogen-bond acceptors (Lipinski definition) is 3. The Morgan fingerprint density at radius 2 is 1.39 bits per heavy atom. The molecule has 1 fully saturated rings. The summed E-state index contributed by atoms with van der Waals surface area (Å²) < 4.78 is 5.03. The van der Waals surface area contributed by atoms with Crippen molar-refractivity contribution in [1.29, 1.82) is 0 Å². The second-order valence-corrected chi connectivity index (χ2v) is 6.81. The zero-order valence-electron chi connectivity index (χ0n) is 16.3. The molecule has 3 rings (SSSR count). The fourth-order valence-corrected chi connectivity index (χ4v) is 3.49. The molecule has 28 heavy (non-hydrogen) atoms. The van der Waals surface area contributed by atoms with Crippen molar-refractivity contribution in [3.8, 4) is 0 Å². The Kier molecular flexibility index (Phi) is 7.03. The van der Waals surface area contributed by atoms with E-state index in [1.54, 1.807) is 11.8 Å². The lowest BCUT2D eigenvalue weighted by atomic mass is 9.99. The topological polar surface area (TPSA) is 66.5 Å². The number of carbonyl (C=O) groups excluding carboxylic acids is 2. The molecule has 1 aliphatic heterocycles. The molecule has 0 bridgehead atoms. The third-order valence-electron chi connectivity index (χ3n) is 5.00. The smallest absolute Gasteiger partial charge is 0.409 e. The van der Waals surface area contributed by atoms with E-state index < -0.39 is 0 Å². The van der Waals surface area contributed by atoms with Gasteiger partial charge >= 0.3 is 6.09 Å². The Hall–Kier alpha value is -2.86. The van der Waals surface area contributed by atoms with Crippen LogP contribution in [0, 0.1) is 0 Å². The number of nitrogens with zero attached hydrogens (tertiary/aromatic N) is 2. The SMILES string of the molecule is CCOC(=O)N1CCN(C(=O)C[NH2+]C(c2ccccc2)c2ccccc2)CC1. The van der Waals surface area contributed by atoms with Gasteiger partial charge in [-0.2, -0.15) is 0 Å². The molecular weight excluding hydrogens is 354 g/mol. The van der Waals surface area contributed by atoms with E-state index in [1.807, 2.05) is 41.3 Å². The Labute approximate surface area is 166 Å². The van der Waals surface area contributed by atoms with E-state index >= 15 is 0 Å². The Bertz CT molecular complexity index is 720. The molecule has 1 aliphatic rings. The van der Waals surface area contributed by atoms with Crippen molar-refractivity contribution < 1.29 is 19.6 Å². The van der Waals surface area contributed by atoms with Crippen molar-refractivity contribution >= 4 is 12.0 Å². The molecule has 2 aromatic rings. The van der Waals surface area contributed by atoms with Gasteiger partial charge in [0.25, 0.3) is 5.91 Å². The normalized spacial score (nSPS) is 14.2. The van der Waals surface area contributed by atoms with E-state index in [1.165, 1.54) is 11.1 Å². The fourth-order valence-electron chi connectivity index (χ4n) is 3.49. The third kappa shape index (κ3) is 5.10. The summed E-state index contributed by atoms with van der Waals surface area (Å²) in [7, 11) is 0. The molecule has 0 aliphatic carbocycles. The van der Waals surface area contributed by atoms with Crippen molar-refractivity contribution in [3.63, 3.8) is 0 Å². The molecule has 6 heteroatoms. The van der Waals surface area contributed by atoms with Crippen LogP contribution in [0.1, 0.15) is 24.1 Å². The number of ether oxygens (including phenoxy) is 1. The predicted octanol–water partition coefficient (Wildman–Crippen LogP) is 1.64. The van der Waals surface area contributed by atoms with E-state index in [4.69, 9.17) is 4.74 Å². The minimum atomic E-state index is -0.297. The fraction of sp³-hybridized carbons (Fsp3) is 0.364. The summed E-state index contributed by atoms with van der Waals surface area (Å²) in [5.41, 5.74) is 2.35. The van der Waals surface area contributed by atoms with Gasteiger partial charge in [0.1, 0.15) is 6.04 Å². The van der Waals surface area contributed by atoms with Crippen LogP contribution in [-0.4, -0.2) is 61.1 Å². The Morgan fingerprint density at radius 3 is 1.89 bits per heavy atom. The second kappa shape index (κ2) is 9.90. The summed E-state index contributed by atoms with van der Waals surface area (Å²) in [6, 6.07) is 20.5. The highest BCUT2D eigenvalue weighted by molar-refractivity contribution is 5.77. The standard InChI is InChI=1S/C22H27N3O3/c1-2-28-22(27)25-15-13-24(14-16-25)20(26)17-23-21(18-9-5-3-6-10-18)19-11-7-4-8-12-19/h3-12,21,23H,2,13-17H2,1H3/p+1. The number of carbonyl (C=O) groups is 2.